The predicted molar refractivity (Wildman–Crippen MR) is 107 cm³/mol. The van der Waals surface area contributed by atoms with Crippen molar-refractivity contribution in [1.29, 1.82) is 0 Å². The van der Waals surface area contributed by atoms with Crippen LogP contribution < -0.4 is 10.6 Å². The van der Waals surface area contributed by atoms with Crippen molar-refractivity contribution in [3.8, 4) is 0 Å². The topological polar surface area (TPSA) is 52.6 Å². The zero-order valence-electron chi connectivity index (χ0n) is 15.3. The maximum atomic E-state index is 4.73. The van der Waals surface area contributed by atoms with E-state index in [4.69, 9.17) is 4.99 Å². The van der Waals surface area contributed by atoms with Gasteiger partial charge in [0.15, 0.2) is 5.96 Å². The van der Waals surface area contributed by atoms with Crippen LogP contribution in [0.15, 0.2) is 29.4 Å². The lowest BCUT2D eigenvalue weighted by atomic mass is 9.94. The number of guanidine groups is 1. The van der Waals surface area contributed by atoms with Crippen LogP contribution in [0.1, 0.15) is 38.3 Å². The van der Waals surface area contributed by atoms with Gasteiger partial charge in [-0.3, -0.25) is 9.88 Å². The van der Waals surface area contributed by atoms with E-state index in [1.165, 1.54) is 50.3 Å². The van der Waals surface area contributed by atoms with E-state index in [1.807, 2.05) is 24.4 Å². The van der Waals surface area contributed by atoms with Crippen molar-refractivity contribution in [2.45, 2.75) is 44.7 Å². The summed E-state index contributed by atoms with van der Waals surface area (Å²) in [5.41, 5.74) is 1.32. The summed E-state index contributed by atoms with van der Waals surface area (Å²) in [5.74, 6) is 3.45. The van der Waals surface area contributed by atoms with E-state index >= 15 is 0 Å². The molecule has 0 radical (unpaired) electrons. The fourth-order valence-electron chi connectivity index (χ4n) is 3.92. The molecule has 1 aliphatic heterocycles. The molecule has 0 unspecified atom stereocenters. The van der Waals surface area contributed by atoms with E-state index in [2.05, 4.69) is 39.2 Å². The lowest BCUT2D eigenvalue weighted by Gasteiger charge is -2.43. The van der Waals surface area contributed by atoms with Gasteiger partial charge >= 0.3 is 0 Å². The Balaban J connectivity index is 1.62. The molecule has 0 amide bonds. The first-order valence-electron chi connectivity index (χ1n) is 9.57. The van der Waals surface area contributed by atoms with E-state index in [1.54, 1.807) is 0 Å². The molecular weight excluding hydrogens is 330 g/mol. The average molecular weight is 362 g/mol. The Hall–Kier alpha value is -1.27. The number of aliphatic imine (C=N–C) groups is 1. The number of hydrogen-bond donors (Lipinski definition) is 2. The number of nitrogens with zero attached hydrogens (tertiary/aromatic N) is 3. The van der Waals surface area contributed by atoms with Crippen molar-refractivity contribution in [3.05, 3.63) is 30.1 Å². The number of aromatic nitrogens is 1. The first-order valence-corrected chi connectivity index (χ1v) is 10.7. The Kier molecular flexibility index (Phi) is 6.99. The van der Waals surface area contributed by atoms with Gasteiger partial charge in [-0.15, -0.1) is 0 Å². The zero-order valence-corrected chi connectivity index (χ0v) is 16.2. The van der Waals surface area contributed by atoms with E-state index in [0.717, 1.165) is 24.7 Å². The minimum atomic E-state index is 0.322. The number of pyridine rings is 1. The van der Waals surface area contributed by atoms with Gasteiger partial charge in [0.2, 0.25) is 0 Å². The summed E-state index contributed by atoms with van der Waals surface area (Å²) in [6, 6.07) is 5.98. The summed E-state index contributed by atoms with van der Waals surface area (Å²) in [6.07, 6.45) is 7.15. The van der Waals surface area contributed by atoms with Crippen molar-refractivity contribution in [1.82, 2.24) is 20.5 Å². The van der Waals surface area contributed by atoms with E-state index in [0.29, 0.717) is 12.1 Å². The molecule has 6 heteroatoms. The summed E-state index contributed by atoms with van der Waals surface area (Å²) in [5, 5.41) is 7.02. The monoisotopic (exact) mass is 361 g/mol. The second kappa shape index (κ2) is 9.43. The van der Waals surface area contributed by atoms with Gasteiger partial charge in [-0.1, -0.05) is 18.9 Å². The third-order valence-electron chi connectivity index (χ3n) is 5.27. The molecule has 2 aliphatic rings. The molecule has 2 N–H and O–H groups in total. The number of hydrogen-bond acceptors (Lipinski definition) is 4. The minimum Gasteiger partial charge on any atom is -0.357 e. The van der Waals surface area contributed by atoms with Crippen LogP contribution in [0.5, 0.6) is 0 Å². The first kappa shape index (κ1) is 18.5. The fraction of sp³-hybridized carbons (Fsp3) is 0.684. The van der Waals surface area contributed by atoms with E-state index in [-0.39, 0.29) is 0 Å². The summed E-state index contributed by atoms with van der Waals surface area (Å²) in [6.45, 7) is 7.06. The van der Waals surface area contributed by atoms with Crippen LogP contribution >= 0.6 is 11.8 Å². The molecule has 25 heavy (non-hydrogen) atoms. The van der Waals surface area contributed by atoms with Gasteiger partial charge in [0.1, 0.15) is 0 Å². The van der Waals surface area contributed by atoms with Crippen LogP contribution in [0.3, 0.4) is 0 Å². The summed E-state index contributed by atoms with van der Waals surface area (Å²) in [7, 11) is 0. The van der Waals surface area contributed by atoms with Gasteiger partial charge < -0.3 is 10.6 Å². The standard InChI is InChI=1S/C19H31N5S/c1-2-20-18(22-15-17-7-3-6-10-21-17)23-16-19(8-4-5-9-19)24-11-13-25-14-12-24/h3,6-7,10H,2,4-5,8-9,11-16H2,1H3,(H2,20,22,23). The molecule has 138 valence electrons. The molecule has 0 spiro atoms. The van der Waals surface area contributed by atoms with Crippen LogP contribution in [0.25, 0.3) is 0 Å². The highest BCUT2D eigenvalue weighted by molar-refractivity contribution is 7.99. The maximum absolute atomic E-state index is 4.73. The largest absolute Gasteiger partial charge is 0.357 e. The fourth-order valence-corrected chi connectivity index (χ4v) is 4.82. The number of nitrogens with one attached hydrogen (secondary N) is 2. The van der Waals surface area contributed by atoms with Crippen LogP contribution in [-0.4, -0.2) is 59.1 Å². The van der Waals surface area contributed by atoms with Crippen LogP contribution in [0.4, 0.5) is 0 Å². The second-order valence-electron chi connectivity index (χ2n) is 6.90. The summed E-state index contributed by atoms with van der Waals surface area (Å²) in [4.78, 5) is 11.8. The average Bonchev–Trinajstić information content (AvgIpc) is 3.16. The molecule has 0 aromatic carbocycles. The highest BCUT2D eigenvalue weighted by Crippen LogP contribution is 2.36. The first-order chi connectivity index (χ1) is 12.3. The summed E-state index contributed by atoms with van der Waals surface area (Å²) >= 11 is 2.09. The SMILES string of the molecule is CCNC(=NCc1ccccn1)NCC1(N2CCSCC2)CCCC1. The molecule has 0 bridgehead atoms. The van der Waals surface area contributed by atoms with Crippen molar-refractivity contribution < 1.29 is 0 Å². The zero-order chi connectivity index (χ0) is 17.4. The third-order valence-corrected chi connectivity index (χ3v) is 6.21. The van der Waals surface area contributed by atoms with Crippen LogP contribution in [0, 0.1) is 0 Å². The molecule has 1 saturated heterocycles. The van der Waals surface area contributed by atoms with Crippen molar-refractivity contribution >= 4 is 17.7 Å². The van der Waals surface area contributed by atoms with Gasteiger partial charge in [0, 0.05) is 49.4 Å². The van der Waals surface area contributed by atoms with Crippen LogP contribution in [0.2, 0.25) is 0 Å². The molecule has 1 aromatic heterocycles. The summed E-state index contributed by atoms with van der Waals surface area (Å²) < 4.78 is 0. The smallest absolute Gasteiger partial charge is 0.191 e. The van der Waals surface area contributed by atoms with Crippen molar-refractivity contribution in [3.63, 3.8) is 0 Å². The Labute approximate surface area is 156 Å². The Morgan fingerprint density at radius 3 is 2.72 bits per heavy atom. The van der Waals surface area contributed by atoms with Gasteiger partial charge in [-0.25, -0.2) is 4.99 Å². The molecule has 5 nitrogen and oxygen atoms in total. The highest BCUT2D eigenvalue weighted by atomic mass is 32.2. The van der Waals surface area contributed by atoms with E-state index in [9.17, 15) is 0 Å². The Morgan fingerprint density at radius 2 is 2.04 bits per heavy atom. The second-order valence-corrected chi connectivity index (χ2v) is 8.13. The molecule has 1 aliphatic carbocycles. The molecule has 3 rings (SSSR count). The van der Waals surface area contributed by atoms with Gasteiger partial charge in [-0.2, -0.15) is 11.8 Å². The Morgan fingerprint density at radius 1 is 1.24 bits per heavy atom. The molecule has 1 saturated carbocycles. The maximum Gasteiger partial charge on any atom is 0.191 e. The lowest BCUT2D eigenvalue weighted by Crippen LogP contribution is -2.57. The van der Waals surface area contributed by atoms with Crippen molar-refractivity contribution in [2.75, 3.05) is 37.7 Å². The normalized spacial score (nSPS) is 21.2. The quantitative estimate of drug-likeness (QED) is 0.602. The van der Waals surface area contributed by atoms with Crippen molar-refractivity contribution in [2.24, 2.45) is 4.99 Å². The number of thioether (sulfide) groups is 1. The highest BCUT2D eigenvalue weighted by Gasteiger charge is 2.39. The van der Waals surface area contributed by atoms with Gasteiger partial charge in [0.05, 0.1) is 12.2 Å². The molecule has 2 fully saturated rings. The minimum absolute atomic E-state index is 0.322. The van der Waals surface area contributed by atoms with E-state index < -0.39 is 0 Å². The predicted octanol–water partition coefficient (Wildman–Crippen LogP) is 2.50. The van der Waals surface area contributed by atoms with Crippen LogP contribution in [-0.2, 0) is 6.54 Å². The molecule has 2 heterocycles. The Bertz CT molecular complexity index is 536. The third kappa shape index (κ3) is 5.11. The lowest BCUT2D eigenvalue weighted by molar-refractivity contribution is 0.107. The number of rotatable bonds is 6. The molecular formula is C19H31N5S. The molecule has 1 aromatic rings. The van der Waals surface area contributed by atoms with Gasteiger partial charge in [-0.05, 0) is 31.9 Å². The van der Waals surface area contributed by atoms with Gasteiger partial charge in [0.25, 0.3) is 0 Å². The molecule has 0 atom stereocenters.